The summed E-state index contributed by atoms with van der Waals surface area (Å²) in [5.74, 6) is -0.530. The Kier molecular flexibility index (Phi) is 6.67. The first-order valence-electron chi connectivity index (χ1n) is 10.2. The molecule has 0 radical (unpaired) electrons. The van der Waals surface area contributed by atoms with Gasteiger partial charge in [0.05, 0.1) is 11.3 Å². The van der Waals surface area contributed by atoms with Gasteiger partial charge >= 0.3 is 0 Å². The fourth-order valence-corrected chi connectivity index (χ4v) is 3.10. The normalized spacial score (nSPS) is 11.7. The predicted octanol–water partition coefficient (Wildman–Crippen LogP) is 3.80. The van der Waals surface area contributed by atoms with E-state index >= 15 is 0 Å². The Labute approximate surface area is 177 Å². The van der Waals surface area contributed by atoms with Crippen LogP contribution in [0, 0.1) is 13.8 Å². The third-order valence-corrected chi connectivity index (χ3v) is 5.05. The van der Waals surface area contributed by atoms with Crippen molar-refractivity contribution in [2.24, 2.45) is 0 Å². The van der Waals surface area contributed by atoms with Gasteiger partial charge < -0.3 is 10.6 Å². The van der Waals surface area contributed by atoms with Crippen LogP contribution in [0.4, 0.5) is 0 Å². The van der Waals surface area contributed by atoms with Gasteiger partial charge in [0.15, 0.2) is 0 Å². The zero-order valence-electron chi connectivity index (χ0n) is 17.9. The Hall–Kier alpha value is -3.41. The third-order valence-electron chi connectivity index (χ3n) is 5.05. The molecule has 0 saturated carbocycles. The zero-order valence-corrected chi connectivity index (χ0v) is 17.9. The number of rotatable bonds is 7. The first-order chi connectivity index (χ1) is 14.4. The molecule has 0 fully saturated rings. The van der Waals surface area contributed by atoms with E-state index < -0.39 is 6.04 Å². The van der Waals surface area contributed by atoms with Crippen molar-refractivity contribution in [3.8, 4) is 16.9 Å². The summed E-state index contributed by atoms with van der Waals surface area (Å²) in [5.41, 5.74) is 5.03. The number of carbonyl (C=O) groups excluding carboxylic acids is 2. The Morgan fingerprint density at radius 1 is 1.07 bits per heavy atom. The van der Waals surface area contributed by atoms with E-state index in [4.69, 9.17) is 5.10 Å². The maximum atomic E-state index is 13.1. The van der Waals surface area contributed by atoms with E-state index in [0.29, 0.717) is 17.8 Å². The van der Waals surface area contributed by atoms with Gasteiger partial charge in [-0.2, -0.15) is 5.10 Å². The summed E-state index contributed by atoms with van der Waals surface area (Å²) in [5, 5.41) is 10.3. The number of amides is 2. The first kappa shape index (κ1) is 21.3. The van der Waals surface area contributed by atoms with Crippen LogP contribution in [-0.2, 0) is 4.79 Å². The fraction of sp³-hybridized carbons (Fsp3) is 0.292. The molecule has 0 unspecified atom stereocenters. The van der Waals surface area contributed by atoms with Crippen LogP contribution < -0.4 is 10.6 Å². The van der Waals surface area contributed by atoms with Gasteiger partial charge in [0.2, 0.25) is 5.91 Å². The third kappa shape index (κ3) is 4.76. The molecule has 1 aromatic heterocycles. The van der Waals surface area contributed by atoms with E-state index in [1.807, 2.05) is 69.3 Å². The number of aromatic nitrogens is 2. The number of carbonyl (C=O) groups is 2. The maximum Gasteiger partial charge on any atom is 0.255 e. The Morgan fingerprint density at radius 3 is 2.47 bits per heavy atom. The van der Waals surface area contributed by atoms with Gasteiger partial charge in [-0.1, -0.05) is 37.3 Å². The molecule has 2 N–H and O–H groups in total. The van der Waals surface area contributed by atoms with Crippen LogP contribution in [0.2, 0.25) is 0 Å². The topological polar surface area (TPSA) is 76.0 Å². The van der Waals surface area contributed by atoms with Gasteiger partial charge in [0.25, 0.3) is 5.91 Å². The number of nitrogens with one attached hydrogen (secondary N) is 2. The smallest absolute Gasteiger partial charge is 0.255 e. The second-order valence-corrected chi connectivity index (χ2v) is 7.46. The second kappa shape index (κ2) is 9.39. The highest BCUT2D eigenvalue weighted by atomic mass is 16.2. The summed E-state index contributed by atoms with van der Waals surface area (Å²) < 4.78 is 1.70. The lowest BCUT2D eigenvalue weighted by Crippen LogP contribution is -2.45. The molecule has 6 heteroatoms. The molecular weight excluding hydrogens is 376 g/mol. The molecule has 6 nitrogen and oxygen atoms in total. The molecule has 3 rings (SSSR count). The first-order valence-corrected chi connectivity index (χ1v) is 10.2. The largest absolute Gasteiger partial charge is 0.354 e. The zero-order chi connectivity index (χ0) is 21.7. The lowest BCUT2D eigenvalue weighted by molar-refractivity contribution is -0.122. The minimum absolute atomic E-state index is 0.201. The highest BCUT2D eigenvalue weighted by Crippen LogP contribution is 2.26. The van der Waals surface area contributed by atoms with Crippen LogP contribution in [0.5, 0.6) is 0 Å². The van der Waals surface area contributed by atoms with Gasteiger partial charge in [0.1, 0.15) is 11.7 Å². The predicted molar refractivity (Wildman–Crippen MR) is 119 cm³/mol. The van der Waals surface area contributed by atoms with Crippen molar-refractivity contribution in [2.75, 3.05) is 6.54 Å². The molecule has 0 aliphatic heterocycles. The molecule has 156 valence electrons. The van der Waals surface area contributed by atoms with Crippen molar-refractivity contribution in [1.29, 1.82) is 0 Å². The van der Waals surface area contributed by atoms with Crippen molar-refractivity contribution < 1.29 is 9.59 Å². The highest BCUT2D eigenvalue weighted by molar-refractivity contribution is 6.02. The molecular formula is C24H28N4O2. The standard InChI is InChI=1S/C24H28N4O2/c1-5-13-25-23(29)18(4)26-24(30)21-15-28(20-9-7-6-8-10-20)27-22(21)19-12-11-16(2)17(3)14-19/h6-12,14-15,18H,5,13H2,1-4H3,(H,25,29)(H,26,30)/t18-/m1/s1. The van der Waals surface area contributed by atoms with Crippen molar-refractivity contribution in [1.82, 2.24) is 20.4 Å². The second-order valence-electron chi connectivity index (χ2n) is 7.46. The molecule has 2 amide bonds. The summed E-state index contributed by atoms with van der Waals surface area (Å²) in [6, 6.07) is 15.0. The lowest BCUT2D eigenvalue weighted by Gasteiger charge is -2.14. The monoisotopic (exact) mass is 404 g/mol. The van der Waals surface area contributed by atoms with Crippen LogP contribution in [0.3, 0.4) is 0 Å². The molecule has 0 aliphatic rings. The van der Waals surface area contributed by atoms with Gasteiger partial charge in [-0.15, -0.1) is 0 Å². The van der Waals surface area contributed by atoms with E-state index in [-0.39, 0.29) is 11.8 Å². The Bertz CT molecular complexity index is 1040. The summed E-state index contributed by atoms with van der Waals surface area (Å²) in [7, 11) is 0. The van der Waals surface area contributed by atoms with Gasteiger partial charge in [-0.05, 0) is 56.5 Å². The van der Waals surface area contributed by atoms with E-state index in [1.165, 1.54) is 5.56 Å². The van der Waals surface area contributed by atoms with E-state index in [1.54, 1.807) is 17.8 Å². The summed E-state index contributed by atoms with van der Waals surface area (Å²) in [4.78, 5) is 25.3. The molecule has 0 saturated heterocycles. The maximum absolute atomic E-state index is 13.1. The van der Waals surface area contributed by atoms with Gasteiger partial charge in [-0.3, -0.25) is 9.59 Å². The number of hydrogen-bond donors (Lipinski definition) is 2. The van der Waals surface area contributed by atoms with Gasteiger partial charge in [-0.25, -0.2) is 4.68 Å². The SMILES string of the molecule is CCCNC(=O)[C@@H](C)NC(=O)c1cn(-c2ccccc2)nc1-c1ccc(C)c(C)c1. The Morgan fingerprint density at radius 2 is 1.80 bits per heavy atom. The van der Waals surface area contributed by atoms with Crippen LogP contribution >= 0.6 is 0 Å². The molecule has 0 spiro atoms. The average molecular weight is 405 g/mol. The molecule has 0 bridgehead atoms. The number of para-hydroxylation sites is 1. The van der Waals surface area contributed by atoms with Crippen LogP contribution in [0.25, 0.3) is 16.9 Å². The van der Waals surface area contributed by atoms with Crippen molar-refractivity contribution in [3.63, 3.8) is 0 Å². The number of aryl methyl sites for hydroxylation is 2. The molecule has 3 aromatic rings. The number of benzene rings is 2. The summed E-state index contributed by atoms with van der Waals surface area (Å²) in [6.07, 6.45) is 2.55. The quantitative estimate of drug-likeness (QED) is 0.629. The van der Waals surface area contributed by atoms with Gasteiger partial charge in [0, 0.05) is 18.3 Å². The number of nitrogens with zero attached hydrogens (tertiary/aromatic N) is 2. The summed E-state index contributed by atoms with van der Waals surface area (Å²) >= 11 is 0. The van der Waals surface area contributed by atoms with E-state index in [9.17, 15) is 9.59 Å². The van der Waals surface area contributed by atoms with Crippen LogP contribution in [0.1, 0.15) is 41.8 Å². The van der Waals surface area contributed by atoms with Crippen molar-refractivity contribution in [3.05, 3.63) is 71.4 Å². The molecule has 2 aromatic carbocycles. The molecule has 0 aliphatic carbocycles. The average Bonchev–Trinajstić information content (AvgIpc) is 3.20. The van der Waals surface area contributed by atoms with Crippen molar-refractivity contribution >= 4 is 11.8 Å². The number of hydrogen-bond acceptors (Lipinski definition) is 3. The molecule has 1 atom stereocenters. The summed E-state index contributed by atoms with van der Waals surface area (Å²) in [6.45, 7) is 8.33. The van der Waals surface area contributed by atoms with Crippen LogP contribution in [-0.4, -0.2) is 34.2 Å². The fourth-order valence-electron chi connectivity index (χ4n) is 3.10. The van der Waals surface area contributed by atoms with E-state index in [0.717, 1.165) is 23.2 Å². The minimum atomic E-state index is -0.642. The Balaban J connectivity index is 1.97. The van der Waals surface area contributed by atoms with Crippen molar-refractivity contribution in [2.45, 2.75) is 40.2 Å². The van der Waals surface area contributed by atoms with E-state index in [2.05, 4.69) is 10.6 Å². The molecule has 1 heterocycles. The van der Waals surface area contributed by atoms with Crippen LogP contribution in [0.15, 0.2) is 54.7 Å². The highest BCUT2D eigenvalue weighted by Gasteiger charge is 2.22. The minimum Gasteiger partial charge on any atom is -0.354 e. The molecule has 30 heavy (non-hydrogen) atoms. The lowest BCUT2D eigenvalue weighted by atomic mass is 10.0.